The number of methoxy groups -OCH3 is 1. The molecule has 2 atom stereocenters. The number of halogens is 3. The molecule has 21 heavy (non-hydrogen) atoms. The van der Waals surface area contributed by atoms with Crippen LogP contribution in [-0.2, 0) is 15.7 Å². The highest BCUT2D eigenvalue weighted by atomic mass is 19.4. The maximum absolute atomic E-state index is 12.6. The van der Waals surface area contributed by atoms with Gasteiger partial charge in [0.15, 0.2) is 0 Å². The number of esters is 1. The Balaban J connectivity index is 2.17. The van der Waals surface area contributed by atoms with Gasteiger partial charge in [-0.1, -0.05) is 12.1 Å². The molecule has 0 bridgehead atoms. The maximum atomic E-state index is 12.6. The van der Waals surface area contributed by atoms with Crippen LogP contribution in [0.4, 0.5) is 13.2 Å². The Morgan fingerprint density at radius 3 is 2.48 bits per heavy atom. The molecule has 3 nitrogen and oxygen atoms in total. The van der Waals surface area contributed by atoms with Crippen LogP contribution in [0, 0.1) is 0 Å². The van der Waals surface area contributed by atoms with E-state index in [1.165, 1.54) is 19.2 Å². The van der Waals surface area contributed by atoms with Gasteiger partial charge in [-0.15, -0.1) is 0 Å². The van der Waals surface area contributed by atoms with E-state index in [9.17, 15) is 18.0 Å². The molecule has 0 amide bonds. The quantitative estimate of drug-likeness (QED) is 0.853. The lowest BCUT2D eigenvalue weighted by molar-refractivity contribution is -0.149. The van der Waals surface area contributed by atoms with Crippen molar-refractivity contribution < 1.29 is 22.7 Å². The van der Waals surface area contributed by atoms with Gasteiger partial charge in [0.2, 0.25) is 0 Å². The van der Waals surface area contributed by atoms with Gasteiger partial charge in [0, 0.05) is 0 Å². The molecule has 0 aliphatic carbocycles. The van der Waals surface area contributed by atoms with Crippen LogP contribution in [-0.4, -0.2) is 25.2 Å². The van der Waals surface area contributed by atoms with Crippen molar-refractivity contribution in [2.45, 2.75) is 37.4 Å². The molecule has 1 aromatic rings. The maximum Gasteiger partial charge on any atom is 0.416 e. The standard InChI is InChI=1S/C15H18F3NO2/c1-14(13(20)21-2)9-11(7-8-19-14)10-3-5-12(6-4-10)15(16,17)18/h3-6,11,19H,7-9H2,1-2H3. The minimum absolute atomic E-state index is 0.0395. The fourth-order valence-electron chi connectivity index (χ4n) is 2.80. The molecule has 0 radical (unpaired) electrons. The average molecular weight is 301 g/mol. The number of hydrogen-bond acceptors (Lipinski definition) is 3. The molecule has 1 aliphatic heterocycles. The topological polar surface area (TPSA) is 38.3 Å². The van der Waals surface area contributed by atoms with Crippen LogP contribution in [0.1, 0.15) is 36.8 Å². The predicted molar refractivity (Wildman–Crippen MR) is 71.8 cm³/mol. The first kappa shape index (κ1) is 15.8. The smallest absolute Gasteiger partial charge is 0.416 e. The summed E-state index contributed by atoms with van der Waals surface area (Å²) in [6.07, 6.45) is -3.05. The van der Waals surface area contributed by atoms with E-state index in [2.05, 4.69) is 5.32 Å². The Morgan fingerprint density at radius 2 is 1.95 bits per heavy atom. The van der Waals surface area contributed by atoms with Crippen molar-refractivity contribution in [2.24, 2.45) is 0 Å². The fourth-order valence-corrected chi connectivity index (χ4v) is 2.80. The van der Waals surface area contributed by atoms with E-state index in [1.807, 2.05) is 0 Å². The Morgan fingerprint density at radius 1 is 1.33 bits per heavy atom. The summed E-state index contributed by atoms with van der Waals surface area (Å²) in [6, 6.07) is 5.17. The van der Waals surface area contributed by atoms with Gasteiger partial charge in [-0.3, -0.25) is 4.79 Å². The van der Waals surface area contributed by atoms with Gasteiger partial charge >= 0.3 is 12.1 Å². The number of rotatable bonds is 2. The monoisotopic (exact) mass is 301 g/mol. The first-order chi connectivity index (χ1) is 9.76. The molecule has 116 valence electrons. The van der Waals surface area contributed by atoms with Crippen molar-refractivity contribution in [1.82, 2.24) is 5.32 Å². The van der Waals surface area contributed by atoms with Crippen molar-refractivity contribution in [3.8, 4) is 0 Å². The number of ether oxygens (including phenoxy) is 1. The third kappa shape index (κ3) is 3.37. The molecule has 1 heterocycles. The van der Waals surface area contributed by atoms with E-state index < -0.39 is 17.3 Å². The summed E-state index contributed by atoms with van der Waals surface area (Å²) in [4.78, 5) is 11.8. The predicted octanol–water partition coefficient (Wildman–Crippen LogP) is 3.10. The molecule has 2 unspecified atom stereocenters. The molecular weight excluding hydrogens is 283 g/mol. The van der Waals surface area contributed by atoms with E-state index in [1.54, 1.807) is 6.92 Å². The van der Waals surface area contributed by atoms with Crippen molar-refractivity contribution in [2.75, 3.05) is 13.7 Å². The van der Waals surface area contributed by atoms with Gasteiger partial charge < -0.3 is 10.1 Å². The summed E-state index contributed by atoms with van der Waals surface area (Å²) in [6.45, 7) is 2.38. The number of piperidine rings is 1. The molecule has 1 saturated heterocycles. The summed E-state index contributed by atoms with van der Waals surface area (Å²) in [5.41, 5.74) is -0.629. The van der Waals surface area contributed by atoms with Crippen LogP contribution in [0.25, 0.3) is 0 Å². The lowest BCUT2D eigenvalue weighted by Crippen LogP contribution is -2.54. The second-order valence-electron chi connectivity index (χ2n) is 5.56. The third-order valence-corrected chi connectivity index (χ3v) is 4.01. The molecule has 0 spiro atoms. The molecule has 0 aromatic heterocycles. The van der Waals surface area contributed by atoms with Gasteiger partial charge in [0.1, 0.15) is 5.54 Å². The first-order valence-corrected chi connectivity index (χ1v) is 6.77. The Kier molecular flexibility index (Phi) is 4.27. The highest BCUT2D eigenvalue weighted by Gasteiger charge is 2.40. The van der Waals surface area contributed by atoms with E-state index >= 15 is 0 Å². The number of carbonyl (C=O) groups is 1. The number of hydrogen-bond donors (Lipinski definition) is 1. The van der Waals surface area contributed by atoms with Crippen LogP contribution in [0.15, 0.2) is 24.3 Å². The molecule has 1 aliphatic rings. The second-order valence-corrected chi connectivity index (χ2v) is 5.56. The van der Waals surface area contributed by atoms with Gasteiger partial charge in [-0.2, -0.15) is 13.2 Å². The highest BCUT2D eigenvalue weighted by molar-refractivity contribution is 5.80. The summed E-state index contributed by atoms with van der Waals surface area (Å²) in [5, 5.41) is 3.13. The second kappa shape index (κ2) is 5.67. The average Bonchev–Trinajstić information content (AvgIpc) is 2.45. The third-order valence-electron chi connectivity index (χ3n) is 4.01. The minimum atomic E-state index is -4.33. The van der Waals surface area contributed by atoms with Crippen LogP contribution in [0.2, 0.25) is 0 Å². The minimum Gasteiger partial charge on any atom is -0.468 e. The summed E-state index contributed by atoms with van der Waals surface area (Å²) in [7, 11) is 1.33. The summed E-state index contributed by atoms with van der Waals surface area (Å²) >= 11 is 0. The van der Waals surface area contributed by atoms with E-state index in [4.69, 9.17) is 4.74 Å². The highest BCUT2D eigenvalue weighted by Crippen LogP contribution is 2.35. The normalized spacial score (nSPS) is 26.4. The lowest BCUT2D eigenvalue weighted by atomic mass is 9.79. The Hall–Kier alpha value is -1.56. The van der Waals surface area contributed by atoms with Gasteiger partial charge in [0.05, 0.1) is 12.7 Å². The van der Waals surface area contributed by atoms with Crippen molar-refractivity contribution in [3.63, 3.8) is 0 Å². The van der Waals surface area contributed by atoms with E-state index in [0.717, 1.165) is 24.1 Å². The molecular formula is C15H18F3NO2. The molecule has 1 fully saturated rings. The number of benzene rings is 1. The van der Waals surface area contributed by atoms with Crippen molar-refractivity contribution in [1.29, 1.82) is 0 Å². The van der Waals surface area contributed by atoms with Crippen LogP contribution in [0.5, 0.6) is 0 Å². The zero-order chi connectivity index (χ0) is 15.7. The molecule has 2 rings (SSSR count). The first-order valence-electron chi connectivity index (χ1n) is 6.77. The van der Waals surface area contributed by atoms with Crippen LogP contribution >= 0.6 is 0 Å². The largest absolute Gasteiger partial charge is 0.468 e. The molecule has 1 N–H and O–H groups in total. The van der Waals surface area contributed by atoms with Gasteiger partial charge in [-0.05, 0) is 49.9 Å². The van der Waals surface area contributed by atoms with Crippen LogP contribution < -0.4 is 5.32 Å². The summed E-state index contributed by atoms with van der Waals surface area (Å²) in [5.74, 6) is -0.309. The number of carbonyl (C=O) groups excluding carboxylic acids is 1. The van der Waals surface area contributed by atoms with Crippen molar-refractivity contribution in [3.05, 3.63) is 35.4 Å². The van der Waals surface area contributed by atoms with Gasteiger partial charge in [-0.25, -0.2) is 0 Å². The van der Waals surface area contributed by atoms with E-state index in [-0.39, 0.29) is 11.9 Å². The van der Waals surface area contributed by atoms with Crippen LogP contribution in [0.3, 0.4) is 0 Å². The molecule has 6 heteroatoms. The molecule has 1 aromatic carbocycles. The Labute approximate surface area is 121 Å². The van der Waals surface area contributed by atoms with E-state index in [0.29, 0.717) is 13.0 Å². The summed E-state index contributed by atoms with van der Waals surface area (Å²) < 4.78 is 42.5. The zero-order valence-electron chi connectivity index (χ0n) is 12.0. The van der Waals surface area contributed by atoms with Gasteiger partial charge in [0.25, 0.3) is 0 Å². The number of nitrogens with one attached hydrogen (secondary N) is 1. The zero-order valence-corrected chi connectivity index (χ0v) is 12.0. The SMILES string of the molecule is COC(=O)C1(C)CC(c2ccc(C(F)(F)F)cc2)CCN1. The Bertz CT molecular complexity index is 513. The lowest BCUT2D eigenvalue weighted by Gasteiger charge is -2.37. The van der Waals surface area contributed by atoms with Crippen molar-refractivity contribution >= 4 is 5.97 Å². The fraction of sp³-hybridized carbons (Fsp3) is 0.533. The molecule has 0 saturated carbocycles. The number of alkyl halides is 3.